The summed E-state index contributed by atoms with van der Waals surface area (Å²) in [7, 11) is 2.23. The molecule has 2 N–H and O–H groups in total. The van der Waals surface area contributed by atoms with E-state index in [-0.39, 0.29) is 0 Å². The van der Waals surface area contributed by atoms with E-state index >= 15 is 0 Å². The van der Waals surface area contributed by atoms with Crippen molar-refractivity contribution in [1.29, 1.82) is 0 Å². The summed E-state index contributed by atoms with van der Waals surface area (Å²) < 4.78 is 0. The maximum Gasteiger partial charge on any atom is 0.0347 e. The van der Waals surface area contributed by atoms with Gasteiger partial charge >= 0.3 is 0 Å². The number of para-hydroxylation sites is 1. The van der Waals surface area contributed by atoms with Crippen LogP contribution >= 0.6 is 0 Å². The van der Waals surface area contributed by atoms with Gasteiger partial charge < -0.3 is 10.6 Å². The van der Waals surface area contributed by atoms with Gasteiger partial charge in [-0.3, -0.25) is 0 Å². The first-order chi connectivity index (χ1) is 8.25. The Morgan fingerprint density at radius 1 is 1.24 bits per heavy atom. The fourth-order valence-corrected chi connectivity index (χ4v) is 2.80. The molecule has 0 bridgehead atoms. The molecule has 2 nitrogen and oxygen atoms in total. The normalized spacial score (nSPS) is 16.8. The van der Waals surface area contributed by atoms with Crippen molar-refractivity contribution >= 4 is 5.69 Å². The van der Waals surface area contributed by atoms with Crippen LogP contribution in [-0.2, 0) is 6.42 Å². The molecule has 0 aliphatic heterocycles. The molecule has 0 unspecified atom stereocenters. The van der Waals surface area contributed by atoms with Gasteiger partial charge in [-0.2, -0.15) is 0 Å². The molecule has 0 saturated heterocycles. The SMILES string of the molecule is CN(CCc1ccccc1N)CC1CCCC1. The van der Waals surface area contributed by atoms with Gasteiger partial charge in [0.25, 0.3) is 0 Å². The molecule has 1 aromatic rings. The Balaban J connectivity index is 1.75. The second-order valence-electron chi connectivity index (χ2n) is 5.36. The zero-order valence-electron chi connectivity index (χ0n) is 10.9. The molecule has 0 spiro atoms. The maximum atomic E-state index is 5.95. The zero-order chi connectivity index (χ0) is 12.1. The van der Waals surface area contributed by atoms with E-state index in [0.29, 0.717) is 0 Å². The minimum absolute atomic E-state index is 0.932. The first-order valence-electron chi connectivity index (χ1n) is 6.77. The fourth-order valence-electron chi connectivity index (χ4n) is 2.80. The van der Waals surface area contributed by atoms with Crippen LogP contribution in [0.2, 0.25) is 0 Å². The summed E-state index contributed by atoms with van der Waals surface area (Å²) in [4.78, 5) is 2.46. The quantitative estimate of drug-likeness (QED) is 0.791. The van der Waals surface area contributed by atoms with Gasteiger partial charge in [0, 0.05) is 18.8 Å². The molecule has 2 heteroatoms. The van der Waals surface area contributed by atoms with E-state index in [1.54, 1.807) is 0 Å². The van der Waals surface area contributed by atoms with Crippen LogP contribution in [0.25, 0.3) is 0 Å². The van der Waals surface area contributed by atoms with Crippen molar-refractivity contribution in [2.75, 3.05) is 25.9 Å². The number of anilines is 1. The van der Waals surface area contributed by atoms with Crippen LogP contribution in [0.3, 0.4) is 0 Å². The predicted molar refractivity (Wildman–Crippen MR) is 74.0 cm³/mol. The first kappa shape index (κ1) is 12.4. The van der Waals surface area contributed by atoms with E-state index in [2.05, 4.69) is 24.1 Å². The van der Waals surface area contributed by atoms with Crippen molar-refractivity contribution in [1.82, 2.24) is 4.90 Å². The molecule has 94 valence electrons. The third kappa shape index (κ3) is 3.74. The van der Waals surface area contributed by atoms with Crippen LogP contribution < -0.4 is 5.73 Å². The number of nitrogen functional groups attached to an aromatic ring is 1. The third-order valence-electron chi connectivity index (χ3n) is 3.86. The Bertz CT molecular complexity index is 343. The molecule has 1 fully saturated rings. The number of rotatable bonds is 5. The molecule has 1 aliphatic rings. The number of hydrogen-bond acceptors (Lipinski definition) is 2. The number of nitrogens with zero attached hydrogens (tertiary/aromatic N) is 1. The highest BCUT2D eigenvalue weighted by atomic mass is 15.1. The fraction of sp³-hybridized carbons (Fsp3) is 0.600. The summed E-state index contributed by atoms with van der Waals surface area (Å²) in [5.41, 5.74) is 8.17. The zero-order valence-corrected chi connectivity index (χ0v) is 10.9. The van der Waals surface area contributed by atoms with Crippen LogP contribution in [0.1, 0.15) is 31.2 Å². The van der Waals surface area contributed by atoms with Gasteiger partial charge in [-0.25, -0.2) is 0 Å². The van der Waals surface area contributed by atoms with Gasteiger partial charge in [-0.05, 0) is 43.9 Å². The first-order valence-corrected chi connectivity index (χ1v) is 6.77. The van der Waals surface area contributed by atoms with Gasteiger partial charge in [-0.15, -0.1) is 0 Å². The molecule has 2 rings (SSSR count). The molecule has 0 amide bonds. The summed E-state index contributed by atoms with van der Waals surface area (Å²) in [6, 6.07) is 8.20. The Hall–Kier alpha value is -1.02. The van der Waals surface area contributed by atoms with E-state index in [4.69, 9.17) is 5.73 Å². The molecule has 0 aromatic heterocycles. The lowest BCUT2D eigenvalue weighted by Crippen LogP contribution is -2.26. The lowest BCUT2D eigenvalue weighted by Gasteiger charge is -2.20. The lowest BCUT2D eigenvalue weighted by molar-refractivity contribution is 0.281. The van der Waals surface area contributed by atoms with Crippen molar-refractivity contribution in [3.63, 3.8) is 0 Å². The minimum atomic E-state index is 0.932. The van der Waals surface area contributed by atoms with Gasteiger partial charge in [0.05, 0.1) is 0 Å². The van der Waals surface area contributed by atoms with Gasteiger partial charge in [0.2, 0.25) is 0 Å². The predicted octanol–water partition coefficient (Wildman–Crippen LogP) is 2.93. The molecule has 0 radical (unpaired) electrons. The van der Waals surface area contributed by atoms with Crippen LogP contribution in [0.15, 0.2) is 24.3 Å². The molecular formula is C15H24N2. The largest absolute Gasteiger partial charge is 0.399 e. The van der Waals surface area contributed by atoms with Crippen molar-refractivity contribution in [2.24, 2.45) is 5.92 Å². The van der Waals surface area contributed by atoms with Crippen LogP contribution in [0, 0.1) is 5.92 Å². The molecule has 0 atom stereocenters. The Morgan fingerprint density at radius 2 is 1.94 bits per heavy atom. The summed E-state index contributed by atoms with van der Waals surface area (Å²) in [6.45, 7) is 2.37. The van der Waals surface area contributed by atoms with E-state index < -0.39 is 0 Å². The molecule has 0 heterocycles. The standard InChI is InChI=1S/C15H24N2/c1-17(12-13-6-2-3-7-13)11-10-14-8-4-5-9-15(14)16/h4-5,8-9,13H,2-3,6-7,10-12,16H2,1H3. The van der Waals surface area contributed by atoms with Gasteiger partial charge in [0.15, 0.2) is 0 Å². The summed E-state index contributed by atoms with van der Waals surface area (Å²) in [5.74, 6) is 0.938. The highest BCUT2D eigenvalue weighted by molar-refractivity contribution is 5.46. The molecule has 1 saturated carbocycles. The summed E-state index contributed by atoms with van der Waals surface area (Å²) >= 11 is 0. The van der Waals surface area contributed by atoms with Crippen molar-refractivity contribution in [3.05, 3.63) is 29.8 Å². The average Bonchev–Trinajstić information content (AvgIpc) is 2.81. The van der Waals surface area contributed by atoms with Crippen molar-refractivity contribution in [3.8, 4) is 0 Å². The number of nitrogens with two attached hydrogens (primary N) is 1. The summed E-state index contributed by atoms with van der Waals surface area (Å²) in [5, 5.41) is 0. The van der Waals surface area contributed by atoms with Gasteiger partial charge in [-0.1, -0.05) is 31.0 Å². The van der Waals surface area contributed by atoms with E-state index in [1.165, 1.54) is 37.8 Å². The Kier molecular flexibility index (Phi) is 4.43. The topological polar surface area (TPSA) is 29.3 Å². The van der Waals surface area contributed by atoms with Crippen molar-refractivity contribution in [2.45, 2.75) is 32.1 Å². The van der Waals surface area contributed by atoms with E-state index in [9.17, 15) is 0 Å². The maximum absolute atomic E-state index is 5.95. The van der Waals surface area contributed by atoms with Gasteiger partial charge in [0.1, 0.15) is 0 Å². The minimum Gasteiger partial charge on any atom is -0.399 e. The average molecular weight is 232 g/mol. The van der Waals surface area contributed by atoms with Crippen LogP contribution in [0.5, 0.6) is 0 Å². The second kappa shape index (κ2) is 6.06. The Morgan fingerprint density at radius 3 is 2.65 bits per heavy atom. The Labute approximate surface area is 105 Å². The number of hydrogen-bond donors (Lipinski definition) is 1. The number of benzene rings is 1. The molecule has 17 heavy (non-hydrogen) atoms. The molecule has 1 aromatic carbocycles. The molecule has 1 aliphatic carbocycles. The second-order valence-corrected chi connectivity index (χ2v) is 5.36. The lowest BCUT2D eigenvalue weighted by atomic mass is 10.1. The highest BCUT2D eigenvalue weighted by Gasteiger charge is 2.16. The monoisotopic (exact) mass is 232 g/mol. The summed E-state index contributed by atoms with van der Waals surface area (Å²) in [6.07, 6.45) is 6.79. The third-order valence-corrected chi connectivity index (χ3v) is 3.86. The van der Waals surface area contributed by atoms with Crippen LogP contribution in [-0.4, -0.2) is 25.0 Å². The highest BCUT2D eigenvalue weighted by Crippen LogP contribution is 2.25. The smallest absolute Gasteiger partial charge is 0.0347 e. The van der Waals surface area contributed by atoms with E-state index in [1.807, 2.05) is 12.1 Å². The van der Waals surface area contributed by atoms with Crippen LogP contribution in [0.4, 0.5) is 5.69 Å². The van der Waals surface area contributed by atoms with E-state index in [0.717, 1.165) is 24.6 Å². The number of likely N-dealkylation sites (N-methyl/N-ethyl adjacent to an activating group) is 1. The molecular weight excluding hydrogens is 208 g/mol. The van der Waals surface area contributed by atoms with Crippen molar-refractivity contribution < 1.29 is 0 Å².